The van der Waals surface area contributed by atoms with Gasteiger partial charge in [-0.15, -0.1) is 24.8 Å². The third kappa shape index (κ3) is 6.65. The highest BCUT2D eigenvalue weighted by Crippen LogP contribution is 2.15. The van der Waals surface area contributed by atoms with Crippen molar-refractivity contribution < 1.29 is 9.90 Å². The Morgan fingerprint density at radius 3 is 2.61 bits per heavy atom. The topological polar surface area (TPSA) is 64.6 Å². The highest BCUT2D eigenvalue weighted by Gasteiger charge is 2.27. The molecule has 1 fully saturated rings. The summed E-state index contributed by atoms with van der Waals surface area (Å²) in [5.41, 5.74) is 2.00. The van der Waals surface area contributed by atoms with E-state index < -0.39 is 6.10 Å². The van der Waals surface area contributed by atoms with Crippen molar-refractivity contribution in [1.29, 1.82) is 0 Å². The third-order valence-electron chi connectivity index (χ3n) is 3.92. The number of hydrogen-bond acceptors (Lipinski definition) is 4. The van der Waals surface area contributed by atoms with Crippen molar-refractivity contribution in [1.82, 2.24) is 10.2 Å². The van der Waals surface area contributed by atoms with Crippen molar-refractivity contribution in [3.63, 3.8) is 0 Å². The zero-order valence-corrected chi connectivity index (χ0v) is 15.3. The fourth-order valence-corrected chi connectivity index (χ4v) is 2.60. The number of carbonyl (C=O) groups is 1. The van der Waals surface area contributed by atoms with E-state index in [0.717, 1.165) is 25.3 Å². The largest absolute Gasteiger partial charge is 0.392 e. The molecular formula is C16H27Cl2N3O2. The second-order valence-corrected chi connectivity index (χ2v) is 5.50. The van der Waals surface area contributed by atoms with Gasteiger partial charge in [0.05, 0.1) is 12.1 Å². The van der Waals surface area contributed by atoms with Gasteiger partial charge in [-0.1, -0.05) is 26.0 Å². The number of nitrogens with one attached hydrogen (secondary N) is 2. The Labute approximate surface area is 150 Å². The molecular weight excluding hydrogens is 337 g/mol. The summed E-state index contributed by atoms with van der Waals surface area (Å²) >= 11 is 0. The molecule has 23 heavy (non-hydrogen) atoms. The fourth-order valence-electron chi connectivity index (χ4n) is 2.60. The van der Waals surface area contributed by atoms with Gasteiger partial charge in [0, 0.05) is 18.8 Å². The number of nitrogens with zero attached hydrogens (tertiary/aromatic N) is 1. The smallest absolute Gasteiger partial charge is 0.241 e. The van der Waals surface area contributed by atoms with Crippen molar-refractivity contribution in [3.8, 4) is 0 Å². The molecule has 3 N–H and O–H groups in total. The minimum absolute atomic E-state index is 0. The van der Waals surface area contributed by atoms with Crippen LogP contribution in [-0.2, 0) is 11.3 Å². The lowest BCUT2D eigenvalue weighted by atomic mass is 10.1. The molecule has 2 unspecified atom stereocenters. The Morgan fingerprint density at radius 1 is 1.35 bits per heavy atom. The van der Waals surface area contributed by atoms with E-state index in [0.29, 0.717) is 13.0 Å². The number of aliphatic hydroxyl groups is 1. The Morgan fingerprint density at radius 2 is 2.04 bits per heavy atom. The highest BCUT2D eigenvalue weighted by molar-refractivity contribution is 5.95. The Balaban J connectivity index is 0.00000242. The number of halogens is 2. The zero-order valence-electron chi connectivity index (χ0n) is 13.6. The molecule has 0 aliphatic carbocycles. The Kier molecular flexibility index (Phi) is 10.4. The number of rotatable bonds is 6. The summed E-state index contributed by atoms with van der Waals surface area (Å²) < 4.78 is 0. The lowest BCUT2D eigenvalue weighted by Crippen LogP contribution is -2.35. The molecule has 7 heteroatoms. The SMILES string of the molecule is CCN(CC)Cc1cccc(NC(=O)C2CC(O)CN2)c1.Cl.Cl. The van der Waals surface area contributed by atoms with E-state index in [1.165, 1.54) is 5.56 Å². The van der Waals surface area contributed by atoms with Gasteiger partial charge in [0.1, 0.15) is 0 Å². The standard InChI is InChI=1S/C16H25N3O2.2ClH/c1-3-19(4-2)11-12-6-5-7-13(8-12)18-16(21)15-9-14(20)10-17-15;;/h5-8,14-15,17,20H,3-4,9-11H2,1-2H3,(H,18,21);2*1H. The van der Waals surface area contributed by atoms with Gasteiger partial charge in [-0.05, 0) is 37.2 Å². The molecule has 5 nitrogen and oxygen atoms in total. The van der Waals surface area contributed by atoms with Gasteiger partial charge >= 0.3 is 0 Å². The second kappa shape index (κ2) is 10.8. The maximum atomic E-state index is 12.1. The first-order valence-electron chi connectivity index (χ1n) is 7.66. The van der Waals surface area contributed by atoms with Crippen molar-refractivity contribution in [2.24, 2.45) is 0 Å². The fraction of sp³-hybridized carbons (Fsp3) is 0.562. The van der Waals surface area contributed by atoms with Crippen LogP contribution in [0.2, 0.25) is 0 Å². The van der Waals surface area contributed by atoms with Gasteiger partial charge in [0.15, 0.2) is 0 Å². The van der Waals surface area contributed by atoms with E-state index in [1.807, 2.05) is 18.2 Å². The minimum atomic E-state index is -0.422. The molecule has 0 spiro atoms. The number of hydrogen-bond donors (Lipinski definition) is 3. The molecule has 1 aliphatic rings. The van der Waals surface area contributed by atoms with Crippen molar-refractivity contribution >= 4 is 36.4 Å². The quantitative estimate of drug-likeness (QED) is 0.723. The molecule has 1 aromatic carbocycles. The number of benzene rings is 1. The molecule has 1 saturated heterocycles. The summed E-state index contributed by atoms with van der Waals surface area (Å²) in [5, 5.41) is 15.4. The van der Waals surface area contributed by atoms with Crippen LogP contribution < -0.4 is 10.6 Å². The van der Waals surface area contributed by atoms with Crippen LogP contribution in [0.1, 0.15) is 25.8 Å². The lowest BCUT2D eigenvalue weighted by Gasteiger charge is -2.18. The Bertz CT molecular complexity index is 484. The summed E-state index contributed by atoms with van der Waals surface area (Å²) in [5.74, 6) is -0.0773. The third-order valence-corrected chi connectivity index (χ3v) is 3.92. The average molecular weight is 364 g/mol. The van der Waals surface area contributed by atoms with Gasteiger partial charge < -0.3 is 15.7 Å². The van der Waals surface area contributed by atoms with Crippen LogP contribution in [0.15, 0.2) is 24.3 Å². The molecule has 1 amide bonds. The molecule has 0 bridgehead atoms. The maximum Gasteiger partial charge on any atom is 0.241 e. The number of amides is 1. The monoisotopic (exact) mass is 363 g/mol. The van der Waals surface area contributed by atoms with Gasteiger partial charge in [-0.3, -0.25) is 9.69 Å². The number of β-amino-alcohol motifs (C(OH)–C–C–N with tert-alkyl or cyclic N) is 1. The summed E-state index contributed by atoms with van der Waals surface area (Å²) in [4.78, 5) is 14.4. The molecule has 0 saturated carbocycles. The molecule has 1 heterocycles. The first-order valence-corrected chi connectivity index (χ1v) is 7.66. The van der Waals surface area contributed by atoms with Crippen LogP contribution in [-0.4, -0.2) is 47.7 Å². The maximum absolute atomic E-state index is 12.1. The molecule has 2 rings (SSSR count). The van der Waals surface area contributed by atoms with Gasteiger partial charge in [-0.2, -0.15) is 0 Å². The number of anilines is 1. The minimum Gasteiger partial charge on any atom is -0.392 e. The van der Waals surface area contributed by atoms with Crippen LogP contribution in [0.5, 0.6) is 0 Å². The van der Waals surface area contributed by atoms with Crippen LogP contribution in [0.4, 0.5) is 5.69 Å². The summed E-state index contributed by atoms with van der Waals surface area (Å²) in [6.07, 6.45) is 0.0556. The first kappa shape index (κ1) is 22.1. The zero-order chi connectivity index (χ0) is 15.2. The predicted octanol–water partition coefficient (Wildman–Crippen LogP) is 2.03. The summed E-state index contributed by atoms with van der Waals surface area (Å²) in [6.45, 7) is 7.68. The molecule has 2 atom stereocenters. The summed E-state index contributed by atoms with van der Waals surface area (Å²) in [6, 6.07) is 7.65. The van der Waals surface area contributed by atoms with E-state index in [2.05, 4.69) is 35.4 Å². The molecule has 132 valence electrons. The lowest BCUT2D eigenvalue weighted by molar-refractivity contribution is -0.117. The van der Waals surface area contributed by atoms with Crippen LogP contribution in [0.25, 0.3) is 0 Å². The molecule has 0 radical (unpaired) electrons. The predicted molar refractivity (Wildman–Crippen MR) is 98.6 cm³/mol. The van der Waals surface area contributed by atoms with Crippen molar-refractivity contribution in [2.45, 2.75) is 39.0 Å². The van der Waals surface area contributed by atoms with E-state index in [9.17, 15) is 9.90 Å². The normalized spacial score (nSPS) is 19.8. The van der Waals surface area contributed by atoms with Crippen LogP contribution in [0.3, 0.4) is 0 Å². The van der Waals surface area contributed by atoms with E-state index in [-0.39, 0.29) is 36.8 Å². The van der Waals surface area contributed by atoms with Gasteiger partial charge in [-0.25, -0.2) is 0 Å². The number of aliphatic hydroxyl groups excluding tert-OH is 1. The van der Waals surface area contributed by atoms with Gasteiger partial charge in [0.2, 0.25) is 5.91 Å². The summed E-state index contributed by atoms with van der Waals surface area (Å²) in [7, 11) is 0. The first-order chi connectivity index (χ1) is 10.1. The second-order valence-electron chi connectivity index (χ2n) is 5.50. The highest BCUT2D eigenvalue weighted by atomic mass is 35.5. The van der Waals surface area contributed by atoms with Crippen LogP contribution in [0, 0.1) is 0 Å². The van der Waals surface area contributed by atoms with E-state index >= 15 is 0 Å². The van der Waals surface area contributed by atoms with E-state index in [1.54, 1.807) is 0 Å². The molecule has 0 aromatic heterocycles. The van der Waals surface area contributed by atoms with Gasteiger partial charge in [0.25, 0.3) is 0 Å². The van der Waals surface area contributed by atoms with Crippen molar-refractivity contribution in [2.75, 3.05) is 25.0 Å². The van der Waals surface area contributed by atoms with E-state index in [4.69, 9.17) is 0 Å². The number of carbonyl (C=O) groups excluding carboxylic acids is 1. The Hall–Kier alpha value is -0.850. The molecule has 1 aliphatic heterocycles. The van der Waals surface area contributed by atoms with Crippen molar-refractivity contribution in [3.05, 3.63) is 29.8 Å². The molecule has 1 aromatic rings. The average Bonchev–Trinajstić information content (AvgIpc) is 2.92. The van der Waals surface area contributed by atoms with Crippen LogP contribution >= 0.6 is 24.8 Å².